The Morgan fingerprint density at radius 1 is 0.951 bits per heavy atom. The van der Waals surface area contributed by atoms with E-state index in [4.69, 9.17) is 11.6 Å². The van der Waals surface area contributed by atoms with E-state index in [1.807, 2.05) is 47.4 Å². The van der Waals surface area contributed by atoms with Gasteiger partial charge in [-0.3, -0.25) is 14.5 Å². The Hall–Kier alpha value is -3.66. The van der Waals surface area contributed by atoms with Gasteiger partial charge in [-0.05, 0) is 110 Å². The molecule has 1 aliphatic carbocycles. The number of hydrogen-bond acceptors (Lipinski definition) is 4. The lowest BCUT2D eigenvalue weighted by Crippen LogP contribution is -2.48. The number of amides is 2. The summed E-state index contributed by atoms with van der Waals surface area (Å²) >= 11 is 6.24. The van der Waals surface area contributed by atoms with E-state index in [9.17, 15) is 14.9 Å². The molecule has 41 heavy (non-hydrogen) atoms. The maximum Gasteiger partial charge on any atom is 0.253 e. The number of hydrogen-bond donors (Lipinski definition) is 1. The molecule has 1 atom stereocenters. The molecule has 0 aromatic heterocycles. The van der Waals surface area contributed by atoms with Crippen molar-refractivity contribution in [3.8, 4) is 6.07 Å². The topological polar surface area (TPSA) is 76.4 Å². The van der Waals surface area contributed by atoms with Crippen LogP contribution in [0.4, 0.5) is 0 Å². The number of fused-ring (bicyclic) bond motifs is 1. The monoisotopic (exact) mass is 566 g/mol. The van der Waals surface area contributed by atoms with Crippen molar-refractivity contribution in [3.05, 3.63) is 105 Å². The standard InChI is InChI=1S/C34H35ClN4O2/c35-30-7-2-1-6-28(30)32(40)37-31-11-10-26-8-9-27(21-29(26)31)33(41)39-18-14-34(15-19-39)12-16-38(17-13-34)23-25-5-3-4-24(20-25)22-36/h1-9,20-21,31H,10-19,23H2,(H,37,40). The molecular formula is C34H35ClN4O2. The molecule has 1 spiro atoms. The summed E-state index contributed by atoms with van der Waals surface area (Å²) in [6, 6.07) is 23.1. The molecule has 3 aromatic rings. The van der Waals surface area contributed by atoms with E-state index in [-0.39, 0.29) is 17.9 Å². The van der Waals surface area contributed by atoms with Gasteiger partial charge in [-0.2, -0.15) is 5.26 Å². The van der Waals surface area contributed by atoms with Gasteiger partial charge in [0.05, 0.1) is 28.3 Å². The first-order valence-corrected chi connectivity index (χ1v) is 15.0. The molecular weight excluding hydrogens is 532 g/mol. The van der Waals surface area contributed by atoms with Crippen molar-refractivity contribution in [2.75, 3.05) is 26.2 Å². The van der Waals surface area contributed by atoms with Crippen LogP contribution in [0.2, 0.25) is 5.02 Å². The zero-order chi connectivity index (χ0) is 28.4. The zero-order valence-corrected chi connectivity index (χ0v) is 24.0. The predicted octanol–water partition coefficient (Wildman–Crippen LogP) is 6.15. The number of rotatable bonds is 5. The fourth-order valence-electron chi connectivity index (χ4n) is 6.82. The first kappa shape index (κ1) is 27.5. The summed E-state index contributed by atoms with van der Waals surface area (Å²) < 4.78 is 0. The van der Waals surface area contributed by atoms with Gasteiger partial charge >= 0.3 is 0 Å². The molecule has 6 rings (SSSR count). The number of nitrogens with zero attached hydrogens (tertiary/aromatic N) is 3. The summed E-state index contributed by atoms with van der Waals surface area (Å²) in [4.78, 5) is 31.0. The number of likely N-dealkylation sites (tertiary alicyclic amines) is 2. The molecule has 3 aliphatic rings. The zero-order valence-electron chi connectivity index (χ0n) is 23.2. The third-order valence-corrected chi connectivity index (χ3v) is 9.71. The van der Waals surface area contributed by atoms with Gasteiger partial charge in [0.2, 0.25) is 0 Å². The smallest absolute Gasteiger partial charge is 0.253 e. The van der Waals surface area contributed by atoms with E-state index < -0.39 is 0 Å². The third kappa shape index (κ3) is 5.88. The van der Waals surface area contributed by atoms with Crippen molar-refractivity contribution in [2.24, 2.45) is 5.41 Å². The van der Waals surface area contributed by atoms with Crippen molar-refractivity contribution in [2.45, 2.75) is 51.1 Å². The maximum atomic E-state index is 13.6. The van der Waals surface area contributed by atoms with Crippen LogP contribution in [0, 0.1) is 16.7 Å². The normalized spacial score (nSPS) is 19.9. The second-order valence-corrected chi connectivity index (χ2v) is 12.2. The molecule has 0 saturated carbocycles. The van der Waals surface area contributed by atoms with Crippen LogP contribution in [0.3, 0.4) is 0 Å². The molecule has 6 nitrogen and oxygen atoms in total. The number of piperidine rings is 2. The summed E-state index contributed by atoms with van der Waals surface area (Å²) in [6.07, 6.45) is 6.08. The van der Waals surface area contributed by atoms with Crippen molar-refractivity contribution >= 4 is 23.4 Å². The van der Waals surface area contributed by atoms with Crippen LogP contribution in [-0.4, -0.2) is 47.8 Å². The van der Waals surface area contributed by atoms with Crippen molar-refractivity contribution in [3.63, 3.8) is 0 Å². The lowest BCUT2D eigenvalue weighted by Gasteiger charge is -2.47. The van der Waals surface area contributed by atoms with Crippen LogP contribution >= 0.6 is 11.6 Å². The van der Waals surface area contributed by atoms with Gasteiger partial charge in [0, 0.05) is 25.2 Å². The highest BCUT2D eigenvalue weighted by molar-refractivity contribution is 6.33. The molecule has 0 bridgehead atoms. The van der Waals surface area contributed by atoms with Gasteiger partial charge in [-0.25, -0.2) is 0 Å². The first-order valence-electron chi connectivity index (χ1n) is 14.6. The number of carbonyl (C=O) groups excluding carboxylic acids is 2. The van der Waals surface area contributed by atoms with Crippen LogP contribution in [0.15, 0.2) is 66.7 Å². The van der Waals surface area contributed by atoms with Gasteiger partial charge < -0.3 is 10.2 Å². The average Bonchev–Trinajstić information content (AvgIpc) is 3.40. The van der Waals surface area contributed by atoms with Gasteiger partial charge in [-0.1, -0.05) is 41.9 Å². The van der Waals surface area contributed by atoms with E-state index >= 15 is 0 Å². The van der Waals surface area contributed by atoms with Gasteiger partial charge in [0.25, 0.3) is 11.8 Å². The quantitative estimate of drug-likeness (QED) is 0.402. The summed E-state index contributed by atoms with van der Waals surface area (Å²) in [5.74, 6) is -0.103. The Morgan fingerprint density at radius 2 is 1.71 bits per heavy atom. The second-order valence-electron chi connectivity index (χ2n) is 11.8. The molecule has 210 valence electrons. The van der Waals surface area contributed by atoms with Crippen LogP contribution in [0.25, 0.3) is 0 Å². The molecule has 3 aromatic carbocycles. The average molecular weight is 567 g/mol. The summed E-state index contributed by atoms with van der Waals surface area (Å²) in [5, 5.41) is 12.8. The van der Waals surface area contributed by atoms with E-state index in [1.54, 1.807) is 12.1 Å². The van der Waals surface area contributed by atoms with Crippen LogP contribution in [0.5, 0.6) is 0 Å². The fraction of sp³-hybridized carbons (Fsp3) is 0.382. The van der Waals surface area contributed by atoms with E-state index in [0.29, 0.717) is 27.1 Å². The minimum absolute atomic E-state index is 0.0838. The summed E-state index contributed by atoms with van der Waals surface area (Å²) in [7, 11) is 0. The molecule has 1 unspecified atom stereocenters. The molecule has 2 fully saturated rings. The number of benzene rings is 3. The summed E-state index contributed by atoms with van der Waals surface area (Å²) in [5.41, 5.74) is 5.62. The van der Waals surface area contributed by atoms with Gasteiger partial charge in [0.1, 0.15) is 0 Å². The number of aryl methyl sites for hydroxylation is 1. The first-order chi connectivity index (χ1) is 19.9. The Morgan fingerprint density at radius 3 is 2.46 bits per heavy atom. The molecule has 2 saturated heterocycles. The predicted molar refractivity (Wildman–Crippen MR) is 160 cm³/mol. The number of halogens is 1. The number of nitrogens with one attached hydrogen (secondary N) is 1. The lowest BCUT2D eigenvalue weighted by atomic mass is 9.71. The summed E-state index contributed by atoms with van der Waals surface area (Å²) in [6.45, 7) is 4.56. The molecule has 1 N–H and O–H groups in total. The molecule has 2 amide bonds. The molecule has 2 heterocycles. The van der Waals surface area contributed by atoms with E-state index in [2.05, 4.69) is 28.4 Å². The Balaban J connectivity index is 1.04. The highest BCUT2D eigenvalue weighted by Crippen LogP contribution is 2.42. The highest BCUT2D eigenvalue weighted by atomic mass is 35.5. The Labute approximate surface area is 246 Å². The van der Waals surface area contributed by atoms with Gasteiger partial charge in [-0.15, -0.1) is 0 Å². The van der Waals surface area contributed by atoms with Crippen molar-refractivity contribution < 1.29 is 9.59 Å². The highest BCUT2D eigenvalue weighted by Gasteiger charge is 2.39. The second kappa shape index (κ2) is 11.7. The van der Waals surface area contributed by atoms with Crippen LogP contribution in [-0.2, 0) is 13.0 Å². The fourth-order valence-corrected chi connectivity index (χ4v) is 7.04. The SMILES string of the molecule is N#Cc1cccc(CN2CCC3(CC2)CCN(C(=O)c2ccc4c(c2)C(NC(=O)c2ccccc2Cl)CC4)CC3)c1. The van der Waals surface area contributed by atoms with Crippen LogP contribution < -0.4 is 5.32 Å². The van der Waals surface area contributed by atoms with E-state index in [1.165, 1.54) is 11.1 Å². The minimum atomic E-state index is -0.187. The third-order valence-electron chi connectivity index (χ3n) is 9.38. The largest absolute Gasteiger partial charge is 0.345 e. The van der Waals surface area contributed by atoms with Crippen LogP contribution in [0.1, 0.15) is 81.1 Å². The maximum absolute atomic E-state index is 13.6. The molecule has 0 radical (unpaired) electrons. The molecule has 7 heteroatoms. The number of carbonyl (C=O) groups is 2. The van der Waals surface area contributed by atoms with Gasteiger partial charge in [0.15, 0.2) is 0 Å². The van der Waals surface area contributed by atoms with Crippen molar-refractivity contribution in [1.82, 2.24) is 15.1 Å². The Bertz CT molecular complexity index is 1490. The Kier molecular flexibility index (Phi) is 7.84. The number of nitriles is 1. The van der Waals surface area contributed by atoms with E-state index in [0.717, 1.165) is 76.8 Å². The lowest BCUT2D eigenvalue weighted by molar-refractivity contribution is 0.0285. The minimum Gasteiger partial charge on any atom is -0.345 e. The van der Waals surface area contributed by atoms with Crippen molar-refractivity contribution in [1.29, 1.82) is 5.26 Å². The molecule has 2 aliphatic heterocycles.